The standard InChI is InChI=1S/C14H22ClNO2Si/c1-14(2,3)18-13(17)16-12-10(15)8-7-9-11(12)19(4,5)6/h7-9H,1-6H3,(H,16,17). The topological polar surface area (TPSA) is 38.3 Å². The number of carbonyl (C=O) groups excluding carboxylic acids is 1. The predicted molar refractivity (Wildman–Crippen MR) is 84.3 cm³/mol. The van der Waals surface area contributed by atoms with Crippen molar-refractivity contribution in [1.29, 1.82) is 0 Å². The van der Waals surface area contributed by atoms with Gasteiger partial charge in [-0.15, -0.1) is 0 Å². The fourth-order valence-electron chi connectivity index (χ4n) is 1.68. The van der Waals surface area contributed by atoms with Crippen LogP contribution in [0.3, 0.4) is 0 Å². The zero-order valence-electron chi connectivity index (χ0n) is 12.4. The molecule has 1 N–H and O–H groups in total. The molecule has 0 aliphatic heterocycles. The van der Waals surface area contributed by atoms with Gasteiger partial charge in [0.2, 0.25) is 0 Å². The Morgan fingerprint density at radius 2 is 1.84 bits per heavy atom. The van der Waals surface area contributed by atoms with Crippen LogP contribution in [0.4, 0.5) is 10.5 Å². The maximum absolute atomic E-state index is 11.9. The summed E-state index contributed by atoms with van der Waals surface area (Å²) in [5.41, 5.74) is 0.155. The molecule has 3 nitrogen and oxygen atoms in total. The van der Waals surface area contributed by atoms with Gasteiger partial charge in [0.1, 0.15) is 5.60 Å². The number of rotatable bonds is 2. The summed E-state index contributed by atoms with van der Waals surface area (Å²) in [5.74, 6) is 0. The second kappa shape index (κ2) is 5.55. The maximum Gasteiger partial charge on any atom is 0.412 e. The van der Waals surface area contributed by atoms with Crippen LogP contribution in [0, 0.1) is 0 Å². The minimum absolute atomic E-state index is 0.472. The first-order valence-electron chi connectivity index (χ1n) is 6.30. The zero-order valence-corrected chi connectivity index (χ0v) is 14.2. The molecule has 0 bridgehead atoms. The lowest BCUT2D eigenvalue weighted by Crippen LogP contribution is -2.40. The quantitative estimate of drug-likeness (QED) is 0.830. The number of hydrogen-bond acceptors (Lipinski definition) is 2. The van der Waals surface area contributed by atoms with Gasteiger partial charge >= 0.3 is 6.09 Å². The molecule has 1 aromatic rings. The van der Waals surface area contributed by atoms with Crippen LogP contribution in [-0.4, -0.2) is 19.8 Å². The number of carbonyl (C=O) groups is 1. The third-order valence-corrected chi connectivity index (χ3v) is 4.80. The van der Waals surface area contributed by atoms with E-state index >= 15 is 0 Å². The van der Waals surface area contributed by atoms with E-state index in [1.54, 1.807) is 6.07 Å². The fourth-order valence-corrected chi connectivity index (χ4v) is 3.53. The monoisotopic (exact) mass is 299 g/mol. The van der Waals surface area contributed by atoms with Crippen molar-refractivity contribution in [3.63, 3.8) is 0 Å². The molecule has 1 amide bonds. The molecule has 0 saturated carbocycles. The van der Waals surface area contributed by atoms with E-state index in [1.807, 2.05) is 32.9 Å². The first-order chi connectivity index (χ1) is 8.50. The summed E-state index contributed by atoms with van der Waals surface area (Å²) in [6, 6.07) is 5.71. The Bertz CT molecular complexity index is 475. The summed E-state index contributed by atoms with van der Waals surface area (Å²) in [5, 5.41) is 4.45. The van der Waals surface area contributed by atoms with Gasteiger partial charge in [0.25, 0.3) is 0 Å². The third kappa shape index (κ3) is 4.88. The van der Waals surface area contributed by atoms with E-state index in [0.717, 1.165) is 5.19 Å². The van der Waals surface area contributed by atoms with Crippen molar-refractivity contribution in [2.24, 2.45) is 0 Å². The van der Waals surface area contributed by atoms with Crippen molar-refractivity contribution in [2.75, 3.05) is 5.32 Å². The molecule has 1 rings (SSSR count). The molecule has 0 spiro atoms. The summed E-state index contributed by atoms with van der Waals surface area (Å²) in [4.78, 5) is 11.9. The lowest BCUT2D eigenvalue weighted by atomic mass is 10.2. The average molecular weight is 300 g/mol. The van der Waals surface area contributed by atoms with Crippen molar-refractivity contribution in [1.82, 2.24) is 0 Å². The van der Waals surface area contributed by atoms with Crippen molar-refractivity contribution >= 4 is 36.6 Å². The van der Waals surface area contributed by atoms with E-state index in [9.17, 15) is 4.79 Å². The minimum Gasteiger partial charge on any atom is -0.444 e. The zero-order chi connectivity index (χ0) is 14.8. The Kier molecular flexibility index (Phi) is 4.69. The molecule has 0 radical (unpaired) electrons. The SMILES string of the molecule is CC(C)(C)OC(=O)Nc1c(Cl)cccc1[Si](C)(C)C. The minimum atomic E-state index is -1.59. The summed E-state index contributed by atoms with van der Waals surface area (Å²) >= 11 is 6.20. The van der Waals surface area contributed by atoms with Crippen LogP contribution in [0.2, 0.25) is 24.7 Å². The molecule has 19 heavy (non-hydrogen) atoms. The van der Waals surface area contributed by atoms with E-state index in [-0.39, 0.29) is 0 Å². The van der Waals surface area contributed by atoms with Gasteiger partial charge in [-0.25, -0.2) is 4.79 Å². The number of ether oxygens (including phenoxy) is 1. The molecule has 0 heterocycles. The van der Waals surface area contributed by atoms with E-state index in [4.69, 9.17) is 16.3 Å². The highest BCUT2D eigenvalue weighted by Gasteiger charge is 2.24. The van der Waals surface area contributed by atoms with Crippen molar-refractivity contribution in [2.45, 2.75) is 46.0 Å². The van der Waals surface area contributed by atoms with Crippen LogP contribution in [0.5, 0.6) is 0 Å². The molecule has 0 aliphatic carbocycles. The molecule has 0 fully saturated rings. The van der Waals surface area contributed by atoms with Crippen molar-refractivity contribution < 1.29 is 9.53 Å². The smallest absolute Gasteiger partial charge is 0.412 e. The molecular weight excluding hydrogens is 278 g/mol. The number of benzene rings is 1. The lowest BCUT2D eigenvalue weighted by molar-refractivity contribution is 0.0636. The Morgan fingerprint density at radius 3 is 2.32 bits per heavy atom. The van der Waals surface area contributed by atoms with E-state index in [2.05, 4.69) is 25.0 Å². The summed E-state index contributed by atoms with van der Waals surface area (Å²) < 4.78 is 5.27. The van der Waals surface area contributed by atoms with Gasteiger partial charge in [0, 0.05) is 0 Å². The van der Waals surface area contributed by atoms with Crippen molar-refractivity contribution in [3.8, 4) is 0 Å². The number of hydrogen-bond donors (Lipinski definition) is 1. The number of nitrogens with one attached hydrogen (secondary N) is 1. The molecular formula is C14H22ClNO2Si. The molecule has 0 aliphatic rings. The highest BCUT2D eigenvalue weighted by Crippen LogP contribution is 2.23. The van der Waals surface area contributed by atoms with Crippen LogP contribution >= 0.6 is 11.6 Å². The molecule has 0 unspecified atom stereocenters. The normalized spacial score (nSPS) is 12.2. The van der Waals surface area contributed by atoms with E-state index in [0.29, 0.717) is 10.7 Å². The van der Waals surface area contributed by atoms with Gasteiger partial charge in [0.15, 0.2) is 0 Å². The molecule has 1 aromatic carbocycles. The number of para-hydroxylation sites is 1. The van der Waals surface area contributed by atoms with Gasteiger partial charge < -0.3 is 4.74 Å². The Morgan fingerprint density at radius 1 is 1.26 bits per heavy atom. The van der Waals surface area contributed by atoms with Gasteiger partial charge in [-0.05, 0) is 32.0 Å². The van der Waals surface area contributed by atoms with Crippen molar-refractivity contribution in [3.05, 3.63) is 23.2 Å². The van der Waals surface area contributed by atoms with Crippen LogP contribution in [0.1, 0.15) is 20.8 Å². The summed E-state index contributed by atoms with van der Waals surface area (Å²) in [7, 11) is -1.59. The van der Waals surface area contributed by atoms with Crippen LogP contribution < -0.4 is 10.5 Å². The average Bonchev–Trinajstić information content (AvgIpc) is 2.16. The highest BCUT2D eigenvalue weighted by molar-refractivity contribution is 6.90. The predicted octanol–water partition coefficient (Wildman–Crippen LogP) is 4.23. The second-order valence-electron chi connectivity index (χ2n) is 6.54. The number of halogens is 1. The first-order valence-corrected chi connectivity index (χ1v) is 10.2. The molecule has 0 atom stereocenters. The molecule has 0 aromatic heterocycles. The first kappa shape index (κ1) is 16.1. The van der Waals surface area contributed by atoms with E-state index < -0.39 is 19.8 Å². The van der Waals surface area contributed by atoms with Gasteiger partial charge in [0.05, 0.1) is 18.8 Å². The Balaban J connectivity index is 3.04. The van der Waals surface area contributed by atoms with Gasteiger partial charge in [-0.3, -0.25) is 5.32 Å². The summed E-state index contributed by atoms with van der Waals surface area (Å²) in [6.07, 6.45) is -0.472. The Hall–Kier alpha value is -1.00. The second-order valence-corrected chi connectivity index (χ2v) is 12.0. The van der Waals surface area contributed by atoms with E-state index in [1.165, 1.54) is 0 Å². The van der Waals surface area contributed by atoms with Gasteiger partial charge in [-0.1, -0.05) is 43.4 Å². The number of anilines is 1. The van der Waals surface area contributed by atoms with Crippen LogP contribution in [0.15, 0.2) is 18.2 Å². The maximum atomic E-state index is 11.9. The third-order valence-electron chi connectivity index (χ3n) is 2.45. The number of amides is 1. The fraction of sp³-hybridized carbons (Fsp3) is 0.500. The highest BCUT2D eigenvalue weighted by atomic mass is 35.5. The molecule has 106 valence electrons. The lowest BCUT2D eigenvalue weighted by Gasteiger charge is -2.24. The molecule has 5 heteroatoms. The Labute approximate surface area is 121 Å². The van der Waals surface area contributed by atoms with Crippen LogP contribution in [0.25, 0.3) is 0 Å². The molecule has 0 saturated heterocycles. The van der Waals surface area contributed by atoms with Crippen LogP contribution in [-0.2, 0) is 4.74 Å². The van der Waals surface area contributed by atoms with Gasteiger partial charge in [-0.2, -0.15) is 0 Å². The largest absolute Gasteiger partial charge is 0.444 e. The summed E-state index contributed by atoms with van der Waals surface area (Å²) in [6.45, 7) is 12.1.